The van der Waals surface area contributed by atoms with Gasteiger partial charge in [-0.1, -0.05) is 0 Å². The molecule has 0 spiro atoms. The summed E-state index contributed by atoms with van der Waals surface area (Å²) >= 11 is 0. The van der Waals surface area contributed by atoms with Gasteiger partial charge in [-0.15, -0.1) is 0 Å². The van der Waals surface area contributed by atoms with E-state index in [9.17, 15) is 19.8 Å². The summed E-state index contributed by atoms with van der Waals surface area (Å²) in [4.78, 5) is 26.0. The van der Waals surface area contributed by atoms with Crippen LogP contribution in [0.4, 0.5) is 10.1 Å². The van der Waals surface area contributed by atoms with Crippen molar-refractivity contribution in [2.24, 2.45) is 0 Å². The molecule has 1 atom stereocenters. The number of piperidine rings is 1. The maximum absolute atomic E-state index is 15.0. The minimum Gasteiger partial charge on any atom is -0.477 e. The lowest BCUT2D eigenvalue weighted by Crippen LogP contribution is -2.37. The lowest BCUT2D eigenvalue weighted by atomic mass is 9.93. The fourth-order valence-corrected chi connectivity index (χ4v) is 4.22. The van der Waals surface area contributed by atoms with Crippen LogP contribution in [0, 0.1) is 5.82 Å². The number of benzene rings is 1. The molecule has 3 heterocycles. The second-order valence-electron chi connectivity index (χ2n) is 7.27. The normalized spacial score (nSPS) is 20.6. The van der Waals surface area contributed by atoms with Crippen molar-refractivity contribution in [3.05, 3.63) is 39.4 Å². The Morgan fingerprint density at radius 1 is 1.27 bits per heavy atom. The highest BCUT2D eigenvalue weighted by molar-refractivity contribution is 5.95. The number of pyridine rings is 1. The van der Waals surface area contributed by atoms with Gasteiger partial charge in [-0.2, -0.15) is 0 Å². The second kappa shape index (κ2) is 6.09. The van der Waals surface area contributed by atoms with E-state index >= 15 is 4.39 Å². The maximum atomic E-state index is 15.0. The summed E-state index contributed by atoms with van der Waals surface area (Å²) in [6, 6.07) is 1.22. The average molecular weight is 360 g/mol. The number of aliphatic hydroxyl groups excluding tert-OH is 1. The van der Waals surface area contributed by atoms with Crippen molar-refractivity contribution in [3.8, 4) is 0 Å². The number of nitrogens with zero attached hydrogens (tertiary/aromatic N) is 2. The van der Waals surface area contributed by atoms with Gasteiger partial charge in [0.25, 0.3) is 0 Å². The topological polar surface area (TPSA) is 82.8 Å². The van der Waals surface area contributed by atoms with Crippen molar-refractivity contribution in [3.63, 3.8) is 0 Å². The Labute approximate surface area is 149 Å². The number of carboxylic acid groups (broad SMARTS) is 1. The summed E-state index contributed by atoms with van der Waals surface area (Å²) < 4.78 is 16.8. The number of aryl methyl sites for hydroxylation is 1. The molecule has 1 aromatic carbocycles. The largest absolute Gasteiger partial charge is 0.477 e. The molecular weight excluding hydrogens is 339 g/mol. The van der Waals surface area contributed by atoms with E-state index in [-0.39, 0.29) is 23.1 Å². The third kappa shape index (κ3) is 2.49. The monoisotopic (exact) mass is 360 g/mol. The van der Waals surface area contributed by atoms with Gasteiger partial charge in [-0.25, -0.2) is 9.18 Å². The van der Waals surface area contributed by atoms with Crippen LogP contribution in [0.15, 0.2) is 17.1 Å². The van der Waals surface area contributed by atoms with Crippen LogP contribution in [0.2, 0.25) is 0 Å². The zero-order valence-corrected chi connectivity index (χ0v) is 14.5. The molecule has 0 radical (unpaired) electrons. The molecule has 2 aliphatic rings. The number of hydrogen-bond acceptors (Lipinski definition) is 4. The van der Waals surface area contributed by atoms with Gasteiger partial charge < -0.3 is 19.7 Å². The summed E-state index contributed by atoms with van der Waals surface area (Å²) in [5.41, 5.74) is 0.932. The molecule has 138 valence electrons. The molecule has 1 aromatic heterocycles. The molecule has 0 amide bonds. The molecule has 1 fully saturated rings. The molecule has 0 bridgehead atoms. The highest BCUT2D eigenvalue weighted by atomic mass is 19.1. The van der Waals surface area contributed by atoms with Gasteiger partial charge in [0.1, 0.15) is 11.4 Å². The molecule has 6 nitrogen and oxygen atoms in total. The maximum Gasteiger partial charge on any atom is 0.341 e. The molecule has 2 aromatic rings. The fraction of sp³-hybridized carbons (Fsp3) is 0.474. The van der Waals surface area contributed by atoms with E-state index in [2.05, 4.69) is 0 Å². The molecular formula is C19H21FN2O4. The van der Waals surface area contributed by atoms with Gasteiger partial charge in [0.05, 0.1) is 17.3 Å². The molecule has 26 heavy (non-hydrogen) atoms. The van der Waals surface area contributed by atoms with E-state index in [0.717, 1.165) is 12.0 Å². The van der Waals surface area contributed by atoms with E-state index in [1.165, 1.54) is 12.3 Å². The summed E-state index contributed by atoms with van der Waals surface area (Å²) in [7, 11) is 0. The minimum atomic E-state index is -1.30. The number of aliphatic hydroxyl groups is 1. The van der Waals surface area contributed by atoms with Gasteiger partial charge in [-0.3, -0.25) is 4.79 Å². The first kappa shape index (κ1) is 17.0. The van der Waals surface area contributed by atoms with Crippen LogP contribution < -0.4 is 10.3 Å². The van der Waals surface area contributed by atoms with Crippen LogP contribution in [0.25, 0.3) is 10.9 Å². The van der Waals surface area contributed by atoms with Crippen molar-refractivity contribution in [1.82, 2.24) is 4.57 Å². The number of aromatic carboxylic acids is 1. The van der Waals surface area contributed by atoms with Crippen molar-refractivity contribution >= 4 is 22.6 Å². The van der Waals surface area contributed by atoms with Gasteiger partial charge >= 0.3 is 5.97 Å². The second-order valence-corrected chi connectivity index (χ2v) is 7.27. The summed E-state index contributed by atoms with van der Waals surface area (Å²) in [6.45, 7) is 3.09. The van der Waals surface area contributed by atoms with Crippen LogP contribution in [0.1, 0.15) is 48.1 Å². The van der Waals surface area contributed by atoms with Crippen LogP contribution in [0.5, 0.6) is 0 Å². The molecule has 2 aliphatic heterocycles. The van der Waals surface area contributed by atoms with Crippen LogP contribution >= 0.6 is 0 Å². The van der Waals surface area contributed by atoms with Crippen molar-refractivity contribution in [2.75, 3.05) is 18.0 Å². The third-order valence-electron chi connectivity index (χ3n) is 5.64. The number of carboxylic acids is 1. The number of halogens is 1. The number of rotatable bonds is 2. The number of aromatic nitrogens is 1. The van der Waals surface area contributed by atoms with Gasteiger partial charge in [-0.05, 0) is 38.7 Å². The minimum absolute atomic E-state index is 0.0326. The lowest BCUT2D eigenvalue weighted by molar-refractivity contribution is 0.0694. The smallest absolute Gasteiger partial charge is 0.341 e. The van der Waals surface area contributed by atoms with E-state index in [1.54, 1.807) is 4.57 Å². The predicted octanol–water partition coefficient (Wildman–Crippen LogP) is 2.31. The van der Waals surface area contributed by atoms with Crippen molar-refractivity contribution in [1.29, 1.82) is 0 Å². The zero-order valence-electron chi connectivity index (χ0n) is 14.5. The Bertz CT molecular complexity index is 960. The van der Waals surface area contributed by atoms with E-state index in [1.807, 2.05) is 11.8 Å². The molecule has 0 aliphatic carbocycles. The molecule has 1 saturated heterocycles. The molecule has 0 saturated carbocycles. The summed E-state index contributed by atoms with van der Waals surface area (Å²) in [5, 5.41) is 19.2. The highest BCUT2D eigenvalue weighted by Gasteiger charge is 2.29. The zero-order chi connectivity index (χ0) is 18.6. The molecule has 7 heteroatoms. The Morgan fingerprint density at radius 2 is 1.96 bits per heavy atom. The van der Waals surface area contributed by atoms with Gasteiger partial charge in [0, 0.05) is 36.3 Å². The van der Waals surface area contributed by atoms with Crippen molar-refractivity contribution < 1.29 is 19.4 Å². The van der Waals surface area contributed by atoms with Crippen LogP contribution in [-0.2, 0) is 6.42 Å². The van der Waals surface area contributed by atoms with Gasteiger partial charge in [0.2, 0.25) is 5.43 Å². The van der Waals surface area contributed by atoms with E-state index in [0.29, 0.717) is 43.6 Å². The highest BCUT2D eigenvalue weighted by Crippen LogP contribution is 2.38. The first-order valence-electron chi connectivity index (χ1n) is 8.95. The average Bonchev–Trinajstić information content (AvgIpc) is 2.60. The Morgan fingerprint density at radius 3 is 2.62 bits per heavy atom. The molecule has 4 rings (SSSR count). The quantitative estimate of drug-likeness (QED) is 0.859. The number of anilines is 1. The number of carbonyl (C=O) groups is 1. The molecule has 2 N–H and O–H groups in total. The first-order valence-corrected chi connectivity index (χ1v) is 8.95. The summed E-state index contributed by atoms with van der Waals surface area (Å²) in [5.74, 6) is -1.79. The first-order chi connectivity index (χ1) is 12.4. The fourth-order valence-electron chi connectivity index (χ4n) is 4.22. The Kier molecular flexibility index (Phi) is 3.99. The van der Waals surface area contributed by atoms with E-state index in [4.69, 9.17) is 0 Å². The van der Waals surface area contributed by atoms with Crippen LogP contribution in [0.3, 0.4) is 0 Å². The van der Waals surface area contributed by atoms with Gasteiger partial charge in [0.15, 0.2) is 0 Å². The third-order valence-corrected chi connectivity index (χ3v) is 5.64. The summed E-state index contributed by atoms with van der Waals surface area (Å²) in [6.07, 6.45) is 3.58. The standard InChI is InChI=1S/C19H21FN2O4/c1-10-2-3-12-16-13(18(24)14(19(25)26)9-22(10)16)8-15(20)17(12)21-6-4-11(23)5-7-21/h8-11,23H,2-7H2,1H3,(H,25,26)/t10-/m1/s1. The van der Waals surface area contributed by atoms with E-state index < -0.39 is 17.2 Å². The Balaban J connectivity index is 2.00. The molecule has 0 unspecified atom stereocenters. The lowest BCUT2D eigenvalue weighted by Gasteiger charge is -2.36. The van der Waals surface area contributed by atoms with Crippen LogP contribution in [-0.4, -0.2) is 39.9 Å². The Hall–Kier alpha value is -2.41. The predicted molar refractivity (Wildman–Crippen MR) is 95.6 cm³/mol. The SMILES string of the molecule is C[C@@H]1CCc2c(N3CCC(O)CC3)c(F)cc3c(=O)c(C(=O)O)cn1c23. The number of hydrogen-bond donors (Lipinski definition) is 2. The van der Waals surface area contributed by atoms with Crippen molar-refractivity contribution in [2.45, 2.75) is 44.8 Å².